The van der Waals surface area contributed by atoms with Crippen LogP contribution in [0.4, 0.5) is 0 Å². The summed E-state index contributed by atoms with van der Waals surface area (Å²) in [6.07, 6.45) is 0.541. The molecule has 1 atom stereocenters. The zero-order valence-corrected chi connectivity index (χ0v) is 15.0. The smallest absolute Gasteiger partial charge is 0.263 e. The lowest BCUT2D eigenvalue weighted by Crippen LogP contribution is -2.53. The first-order valence-corrected chi connectivity index (χ1v) is 9.58. The third-order valence-corrected chi connectivity index (χ3v) is 5.54. The molecule has 0 saturated carbocycles. The number of nitrogens with zero attached hydrogens (tertiary/aromatic N) is 2. The number of hydrogen-bond donors (Lipinski definition) is 0. The van der Waals surface area contributed by atoms with Gasteiger partial charge in [-0.3, -0.25) is 4.79 Å². The molecule has 1 aromatic carbocycles. The first kappa shape index (κ1) is 18.0. The predicted molar refractivity (Wildman–Crippen MR) is 89.3 cm³/mol. The van der Waals surface area contributed by atoms with Gasteiger partial charge in [0.1, 0.15) is 5.75 Å². The van der Waals surface area contributed by atoms with Crippen molar-refractivity contribution in [3.05, 3.63) is 28.8 Å². The van der Waals surface area contributed by atoms with Crippen LogP contribution in [-0.2, 0) is 14.8 Å². The number of hydrogen-bond acceptors (Lipinski definition) is 4. The third-order valence-electron chi connectivity index (χ3n) is 3.81. The Bertz CT molecular complexity index is 685. The van der Waals surface area contributed by atoms with E-state index in [-0.39, 0.29) is 5.91 Å². The van der Waals surface area contributed by atoms with Gasteiger partial charge in [-0.1, -0.05) is 11.6 Å². The maximum Gasteiger partial charge on any atom is 0.263 e. The summed E-state index contributed by atoms with van der Waals surface area (Å²) in [5.74, 6) is 0.438. The van der Waals surface area contributed by atoms with Gasteiger partial charge in [0.05, 0.1) is 6.26 Å². The molecular formula is C15H21ClN2O4S. The molecule has 0 radical (unpaired) electrons. The molecule has 1 aliphatic rings. The predicted octanol–water partition coefficient (Wildman–Crippen LogP) is 1.52. The van der Waals surface area contributed by atoms with Crippen LogP contribution in [0.1, 0.15) is 12.5 Å². The number of benzene rings is 1. The lowest BCUT2D eigenvalue weighted by atomic mass is 10.2. The SMILES string of the molecule is Cc1cc(O[C@@H](C)C(=O)N2CCN(S(C)(=O)=O)CC2)ccc1Cl. The molecule has 0 unspecified atom stereocenters. The van der Waals surface area contributed by atoms with Crippen molar-refractivity contribution >= 4 is 27.5 Å². The Labute approximate surface area is 142 Å². The Hall–Kier alpha value is -1.31. The van der Waals surface area contributed by atoms with Crippen molar-refractivity contribution in [1.29, 1.82) is 0 Å². The number of carbonyl (C=O) groups is 1. The lowest BCUT2D eigenvalue weighted by molar-refractivity contribution is -0.139. The van der Waals surface area contributed by atoms with Crippen molar-refractivity contribution in [3.8, 4) is 5.75 Å². The molecule has 128 valence electrons. The Morgan fingerprint density at radius 2 is 1.87 bits per heavy atom. The van der Waals surface area contributed by atoms with Gasteiger partial charge in [0.2, 0.25) is 10.0 Å². The Kier molecular flexibility index (Phi) is 5.54. The molecule has 8 heteroatoms. The van der Waals surface area contributed by atoms with E-state index in [1.807, 2.05) is 6.92 Å². The topological polar surface area (TPSA) is 66.9 Å². The Morgan fingerprint density at radius 3 is 2.39 bits per heavy atom. The van der Waals surface area contributed by atoms with Crippen molar-refractivity contribution in [2.75, 3.05) is 32.4 Å². The van der Waals surface area contributed by atoms with E-state index >= 15 is 0 Å². The fourth-order valence-corrected chi connectivity index (χ4v) is 3.39. The number of rotatable bonds is 4. The van der Waals surface area contributed by atoms with Gasteiger partial charge in [-0.15, -0.1) is 0 Å². The minimum atomic E-state index is -3.20. The van der Waals surface area contributed by atoms with Crippen LogP contribution in [0, 0.1) is 6.92 Å². The highest BCUT2D eigenvalue weighted by atomic mass is 35.5. The van der Waals surface area contributed by atoms with Gasteiger partial charge >= 0.3 is 0 Å². The van der Waals surface area contributed by atoms with Crippen LogP contribution >= 0.6 is 11.6 Å². The number of carbonyl (C=O) groups excluding carboxylic acids is 1. The number of halogens is 1. The van der Waals surface area contributed by atoms with Gasteiger partial charge in [-0.2, -0.15) is 4.31 Å². The van der Waals surface area contributed by atoms with E-state index in [0.717, 1.165) is 5.56 Å². The van der Waals surface area contributed by atoms with Crippen molar-refractivity contribution in [1.82, 2.24) is 9.21 Å². The maximum absolute atomic E-state index is 12.4. The molecule has 23 heavy (non-hydrogen) atoms. The van der Waals surface area contributed by atoms with Crippen molar-refractivity contribution in [2.45, 2.75) is 20.0 Å². The molecule has 0 aromatic heterocycles. The highest BCUT2D eigenvalue weighted by Gasteiger charge is 2.29. The minimum Gasteiger partial charge on any atom is -0.481 e. The molecule has 1 aliphatic heterocycles. The summed E-state index contributed by atoms with van der Waals surface area (Å²) in [6, 6.07) is 5.24. The summed E-state index contributed by atoms with van der Waals surface area (Å²) < 4.78 is 30.0. The molecule has 0 aliphatic carbocycles. The van der Waals surface area contributed by atoms with E-state index in [9.17, 15) is 13.2 Å². The van der Waals surface area contributed by atoms with E-state index in [0.29, 0.717) is 37.0 Å². The van der Waals surface area contributed by atoms with Gasteiger partial charge in [-0.25, -0.2) is 8.42 Å². The van der Waals surface area contributed by atoms with Crippen LogP contribution in [0.2, 0.25) is 5.02 Å². The molecule has 0 N–H and O–H groups in total. The molecule has 0 spiro atoms. The van der Waals surface area contributed by atoms with Gasteiger partial charge in [0, 0.05) is 31.2 Å². The second-order valence-corrected chi connectivity index (χ2v) is 8.05. The van der Waals surface area contributed by atoms with Gasteiger partial charge in [-0.05, 0) is 37.6 Å². The average molecular weight is 361 g/mol. The van der Waals surface area contributed by atoms with Crippen LogP contribution in [-0.4, -0.2) is 62.1 Å². The number of ether oxygens (including phenoxy) is 1. The lowest BCUT2D eigenvalue weighted by Gasteiger charge is -2.34. The van der Waals surface area contributed by atoms with Crippen LogP contribution < -0.4 is 4.74 Å². The Morgan fingerprint density at radius 1 is 1.26 bits per heavy atom. The quantitative estimate of drug-likeness (QED) is 0.816. The summed E-state index contributed by atoms with van der Waals surface area (Å²) in [7, 11) is -3.20. The first-order chi connectivity index (χ1) is 10.7. The largest absolute Gasteiger partial charge is 0.481 e. The summed E-state index contributed by atoms with van der Waals surface area (Å²) in [4.78, 5) is 14.1. The highest BCUT2D eigenvalue weighted by molar-refractivity contribution is 7.88. The van der Waals surface area contributed by atoms with E-state index < -0.39 is 16.1 Å². The molecule has 2 rings (SSSR count). The van der Waals surface area contributed by atoms with Gasteiger partial charge in [0.25, 0.3) is 5.91 Å². The second-order valence-electron chi connectivity index (χ2n) is 5.66. The molecule has 1 saturated heterocycles. The van der Waals surface area contributed by atoms with E-state index in [1.165, 1.54) is 10.6 Å². The molecule has 1 fully saturated rings. The Balaban J connectivity index is 1.94. The van der Waals surface area contributed by atoms with Gasteiger partial charge in [0.15, 0.2) is 6.10 Å². The standard InChI is InChI=1S/C15H21ClN2O4S/c1-11-10-13(4-5-14(11)16)22-12(2)15(19)17-6-8-18(9-7-17)23(3,20)21/h4-5,10,12H,6-9H2,1-3H3/t12-/m0/s1. The molecule has 1 amide bonds. The molecule has 6 nitrogen and oxygen atoms in total. The molecule has 1 heterocycles. The zero-order valence-electron chi connectivity index (χ0n) is 13.5. The number of sulfonamides is 1. The van der Waals surface area contributed by atoms with Crippen LogP contribution in [0.15, 0.2) is 18.2 Å². The van der Waals surface area contributed by atoms with Crippen molar-refractivity contribution < 1.29 is 17.9 Å². The maximum atomic E-state index is 12.4. The zero-order chi connectivity index (χ0) is 17.2. The number of aryl methyl sites for hydroxylation is 1. The van der Waals surface area contributed by atoms with Gasteiger partial charge < -0.3 is 9.64 Å². The fourth-order valence-electron chi connectivity index (χ4n) is 2.44. The van der Waals surface area contributed by atoms with Crippen LogP contribution in [0.25, 0.3) is 0 Å². The van der Waals surface area contributed by atoms with E-state index in [2.05, 4.69) is 0 Å². The molecule has 1 aromatic rings. The van der Waals surface area contributed by atoms with Crippen molar-refractivity contribution in [2.24, 2.45) is 0 Å². The van der Waals surface area contributed by atoms with E-state index in [4.69, 9.17) is 16.3 Å². The molecular weight excluding hydrogens is 340 g/mol. The summed E-state index contributed by atoms with van der Waals surface area (Å²) in [6.45, 7) is 4.94. The van der Waals surface area contributed by atoms with Crippen LogP contribution in [0.5, 0.6) is 5.75 Å². The number of amides is 1. The first-order valence-electron chi connectivity index (χ1n) is 7.35. The van der Waals surface area contributed by atoms with Crippen LogP contribution in [0.3, 0.4) is 0 Å². The van der Waals surface area contributed by atoms with Crippen molar-refractivity contribution in [3.63, 3.8) is 0 Å². The normalized spacial score (nSPS) is 17.8. The summed E-state index contributed by atoms with van der Waals surface area (Å²) in [5, 5.41) is 0.647. The number of piperazine rings is 1. The molecule has 0 bridgehead atoms. The fraction of sp³-hybridized carbons (Fsp3) is 0.533. The van der Waals surface area contributed by atoms with E-state index in [1.54, 1.807) is 30.0 Å². The minimum absolute atomic E-state index is 0.147. The third kappa shape index (κ3) is 4.59. The monoisotopic (exact) mass is 360 g/mol. The second kappa shape index (κ2) is 7.07. The summed E-state index contributed by atoms with van der Waals surface area (Å²) >= 11 is 5.97. The average Bonchev–Trinajstić information content (AvgIpc) is 2.49. The highest BCUT2D eigenvalue weighted by Crippen LogP contribution is 2.22. The summed E-state index contributed by atoms with van der Waals surface area (Å²) in [5.41, 5.74) is 0.880.